The molecule has 0 fully saturated rings. The number of carbonyl (C=O) groups is 1. The molecule has 0 heterocycles. The third-order valence-corrected chi connectivity index (χ3v) is 1.69. The largest absolute Gasteiger partial charge is 0.493 e. The molecule has 0 aliphatic carbocycles. The van der Waals surface area contributed by atoms with Crippen molar-refractivity contribution in [2.75, 3.05) is 7.11 Å². The Morgan fingerprint density at radius 3 is 2.50 bits per heavy atom. The van der Waals surface area contributed by atoms with E-state index in [9.17, 15) is 4.79 Å². The summed E-state index contributed by atoms with van der Waals surface area (Å²) in [7, 11) is 1.57. The molecule has 0 spiro atoms. The van der Waals surface area contributed by atoms with Gasteiger partial charge in [-0.2, -0.15) is 0 Å². The first kappa shape index (κ1) is 10.6. The van der Waals surface area contributed by atoms with Gasteiger partial charge in [-0.15, -0.1) is 0 Å². The summed E-state index contributed by atoms with van der Waals surface area (Å²) in [5.74, 6) is 1.25. The fourth-order valence-corrected chi connectivity index (χ4v) is 1.11. The summed E-state index contributed by atoms with van der Waals surface area (Å²) < 4.78 is 10.6. The van der Waals surface area contributed by atoms with E-state index in [-0.39, 0.29) is 6.10 Å². The zero-order valence-corrected chi connectivity index (χ0v) is 8.61. The lowest BCUT2D eigenvalue weighted by atomic mass is 10.2. The molecule has 76 valence electrons. The van der Waals surface area contributed by atoms with Crippen LogP contribution >= 0.6 is 0 Å². The van der Waals surface area contributed by atoms with Crippen molar-refractivity contribution in [2.24, 2.45) is 0 Å². The highest BCUT2D eigenvalue weighted by Gasteiger charge is 2.06. The molecule has 0 aliphatic rings. The number of ether oxygens (including phenoxy) is 2. The molecule has 3 nitrogen and oxygen atoms in total. The smallest absolute Gasteiger partial charge is 0.162 e. The van der Waals surface area contributed by atoms with Crippen LogP contribution in [0.4, 0.5) is 0 Å². The van der Waals surface area contributed by atoms with Crippen molar-refractivity contribution in [3.05, 3.63) is 23.8 Å². The van der Waals surface area contributed by atoms with Crippen LogP contribution in [0.3, 0.4) is 0 Å². The predicted octanol–water partition coefficient (Wildman–Crippen LogP) is 2.29. The summed E-state index contributed by atoms with van der Waals surface area (Å²) in [5, 5.41) is 0. The maximum atomic E-state index is 10.5. The molecular formula is C11H14O3. The monoisotopic (exact) mass is 194 g/mol. The van der Waals surface area contributed by atoms with E-state index in [2.05, 4.69) is 0 Å². The highest BCUT2D eigenvalue weighted by atomic mass is 16.5. The van der Waals surface area contributed by atoms with Crippen molar-refractivity contribution in [1.82, 2.24) is 0 Å². The van der Waals surface area contributed by atoms with E-state index in [4.69, 9.17) is 9.47 Å². The minimum atomic E-state index is 0.0609. The molecule has 1 aromatic carbocycles. The summed E-state index contributed by atoms with van der Waals surface area (Å²) in [6.45, 7) is 3.85. The van der Waals surface area contributed by atoms with E-state index in [1.807, 2.05) is 13.8 Å². The molecule has 3 heteroatoms. The molecule has 0 saturated heterocycles. The lowest BCUT2D eigenvalue weighted by molar-refractivity contribution is 0.112. The molecule has 1 aromatic rings. The van der Waals surface area contributed by atoms with Crippen LogP contribution in [0.15, 0.2) is 18.2 Å². The van der Waals surface area contributed by atoms with Gasteiger partial charge in [0.1, 0.15) is 6.29 Å². The normalized spacial score (nSPS) is 10.0. The number of hydrogen-bond donors (Lipinski definition) is 0. The van der Waals surface area contributed by atoms with Crippen LogP contribution in [0.5, 0.6) is 11.5 Å². The molecule has 0 aliphatic heterocycles. The average molecular weight is 194 g/mol. The van der Waals surface area contributed by atoms with Crippen molar-refractivity contribution in [2.45, 2.75) is 20.0 Å². The molecule has 0 atom stereocenters. The number of aldehydes is 1. The van der Waals surface area contributed by atoms with Crippen LogP contribution < -0.4 is 9.47 Å². The van der Waals surface area contributed by atoms with Gasteiger partial charge in [0.2, 0.25) is 0 Å². The van der Waals surface area contributed by atoms with Crippen LogP contribution in [0.25, 0.3) is 0 Å². The fourth-order valence-electron chi connectivity index (χ4n) is 1.11. The van der Waals surface area contributed by atoms with Gasteiger partial charge < -0.3 is 9.47 Å². The molecule has 14 heavy (non-hydrogen) atoms. The highest BCUT2D eigenvalue weighted by Crippen LogP contribution is 2.28. The summed E-state index contributed by atoms with van der Waals surface area (Å²) in [5.41, 5.74) is 0.585. The first-order valence-electron chi connectivity index (χ1n) is 4.47. The van der Waals surface area contributed by atoms with Crippen molar-refractivity contribution < 1.29 is 14.3 Å². The van der Waals surface area contributed by atoms with E-state index >= 15 is 0 Å². The predicted molar refractivity (Wildman–Crippen MR) is 54.1 cm³/mol. The number of benzene rings is 1. The zero-order valence-electron chi connectivity index (χ0n) is 8.61. The minimum Gasteiger partial charge on any atom is -0.493 e. The van der Waals surface area contributed by atoms with Gasteiger partial charge in [-0.05, 0) is 32.0 Å². The summed E-state index contributed by atoms with van der Waals surface area (Å²) in [6, 6.07) is 5.09. The first-order valence-corrected chi connectivity index (χ1v) is 4.47. The molecule has 0 unspecified atom stereocenters. The Hall–Kier alpha value is -1.51. The van der Waals surface area contributed by atoms with E-state index in [0.717, 1.165) is 6.29 Å². The fraction of sp³-hybridized carbons (Fsp3) is 0.364. The third kappa shape index (κ3) is 2.49. The Kier molecular flexibility index (Phi) is 3.51. The van der Waals surface area contributed by atoms with Crippen molar-refractivity contribution in [3.8, 4) is 11.5 Å². The van der Waals surface area contributed by atoms with Gasteiger partial charge in [0.15, 0.2) is 11.5 Å². The van der Waals surface area contributed by atoms with E-state index in [0.29, 0.717) is 17.1 Å². The lowest BCUT2D eigenvalue weighted by Gasteiger charge is -2.13. The van der Waals surface area contributed by atoms with Gasteiger partial charge in [-0.1, -0.05) is 0 Å². The molecule has 0 amide bonds. The van der Waals surface area contributed by atoms with Crippen LogP contribution in [-0.4, -0.2) is 19.5 Å². The number of hydrogen-bond acceptors (Lipinski definition) is 3. The quantitative estimate of drug-likeness (QED) is 0.690. The van der Waals surface area contributed by atoms with Crippen LogP contribution in [-0.2, 0) is 0 Å². The maximum Gasteiger partial charge on any atom is 0.162 e. The Morgan fingerprint density at radius 2 is 2.00 bits per heavy atom. The van der Waals surface area contributed by atoms with Gasteiger partial charge >= 0.3 is 0 Å². The van der Waals surface area contributed by atoms with Crippen LogP contribution in [0, 0.1) is 0 Å². The molecule has 0 saturated carbocycles. The van der Waals surface area contributed by atoms with Crippen molar-refractivity contribution in [3.63, 3.8) is 0 Å². The number of carbonyl (C=O) groups excluding carboxylic acids is 1. The SMILES string of the molecule is COc1ccc(C=O)cc1OC(C)C. The molecule has 0 bridgehead atoms. The van der Waals surface area contributed by atoms with E-state index in [1.165, 1.54) is 0 Å². The average Bonchev–Trinajstić information content (AvgIpc) is 2.16. The topological polar surface area (TPSA) is 35.5 Å². The Morgan fingerprint density at radius 1 is 1.29 bits per heavy atom. The first-order chi connectivity index (χ1) is 6.67. The number of methoxy groups -OCH3 is 1. The maximum absolute atomic E-state index is 10.5. The van der Waals surface area contributed by atoms with Gasteiger partial charge in [0.25, 0.3) is 0 Å². The number of rotatable bonds is 4. The molecule has 0 N–H and O–H groups in total. The Bertz CT molecular complexity index is 318. The second-order valence-corrected chi connectivity index (χ2v) is 3.19. The summed E-state index contributed by atoms with van der Waals surface area (Å²) >= 11 is 0. The zero-order chi connectivity index (χ0) is 10.6. The Labute approximate surface area is 83.6 Å². The lowest BCUT2D eigenvalue weighted by Crippen LogP contribution is -2.07. The minimum absolute atomic E-state index is 0.0609. The molecule has 1 rings (SSSR count). The van der Waals surface area contributed by atoms with Gasteiger partial charge in [-0.3, -0.25) is 4.79 Å². The van der Waals surface area contributed by atoms with Crippen LogP contribution in [0.2, 0.25) is 0 Å². The van der Waals surface area contributed by atoms with Crippen LogP contribution in [0.1, 0.15) is 24.2 Å². The Balaban J connectivity index is 3.01. The van der Waals surface area contributed by atoms with Gasteiger partial charge in [-0.25, -0.2) is 0 Å². The van der Waals surface area contributed by atoms with E-state index in [1.54, 1.807) is 25.3 Å². The molecule has 0 radical (unpaired) electrons. The summed E-state index contributed by atoms with van der Waals surface area (Å²) in [6.07, 6.45) is 0.845. The van der Waals surface area contributed by atoms with E-state index < -0.39 is 0 Å². The van der Waals surface area contributed by atoms with Gasteiger partial charge in [0.05, 0.1) is 13.2 Å². The highest BCUT2D eigenvalue weighted by molar-refractivity contribution is 5.76. The van der Waals surface area contributed by atoms with Crippen molar-refractivity contribution in [1.29, 1.82) is 0 Å². The standard InChI is InChI=1S/C11H14O3/c1-8(2)14-11-6-9(7-12)4-5-10(11)13-3/h4-8H,1-3H3. The molecular weight excluding hydrogens is 180 g/mol. The van der Waals surface area contributed by atoms with Gasteiger partial charge in [0, 0.05) is 5.56 Å². The molecule has 0 aromatic heterocycles. The summed E-state index contributed by atoms with van der Waals surface area (Å²) in [4.78, 5) is 10.5. The third-order valence-electron chi connectivity index (χ3n) is 1.69. The second-order valence-electron chi connectivity index (χ2n) is 3.19. The van der Waals surface area contributed by atoms with Crippen molar-refractivity contribution >= 4 is 6.29 Å². The second kappa shape index (κ2) is 4.65.